The van der Waals surface area contributed by atoms with Crippen LogP contribution in [0.5, 0.6) is 0 Å². The second-order valence-corrected chi connectivity index (χ2v) is 14.5. The molecule has 0 bridgehead atoms. The summed E-state index contributed by atoms with van der Waals surface area (Å²) in [6, 6.07) is 0. The fourth-order valence-electron chi connectivity index (χ4n) is 7.09. The molecule has 1 aromatic rings. The minimum Gasteiger partial charge on any atom is -0.234 e. The SMILES string of the molecule is CCCCCCCCCCCCCCCCCCCc1n(CCC)cc[n+]1CCCCCCCCCCCCCCCCC. The molecule has 2 heteroatoms. The second-order valence-electron chi connectivity index (χ2n) is 14.5. The zero-order valence-electron chi connectivity index (χ0n) is 31.0. The van der Waals surface area contributed by atoms with Crippen molar-refractivity contribution in [3.05, 3.63) is 18.2 Å². The van der Waals surface area contributed by atoms with Crippen molar-refractivity contribution in [3.63, 3.8) is 0 Å². The molecule has 1 aromatic heterocycles. The predicted molar refractivity (Wildman–Crippen MR) is 198 cm³/mol. The first-order valence-electron chi connectivity index (χ1n) is 20.9. The summed E-state index contributed by atoms with van der Waals surface area (Å²) >= 11 is 0. The van der Waals surface area contributed by atoms with Crippen LogP contribution in [0, 0.1) is 0 Å². The van der Waals surface area contributed by atoms with Crippen LogP contribution in [0.25, 0.3) is 0 Å². The maximum Gasteiger partial charge on any atom is 0.256 e. The van der Waals surface area contributed by atoms with Gasteiger partial charge >= 0.3 is 0 Å². The van der Waals surface area contributed by atoms with Gasteiger partial charge in [-0.1, -0.05) is 207 Å². The highest BCUT2D eigenvalue weighted by Gasteiger charge is 2.16. The average Bonchev–Trinajstić information content (AvgIpc) is 3.41. The van der Waals surface area contributed by atoms with Gasteiger partial charge in [-0.15, -0.1) is 0 Å². The van der Waals surface area contributed by atoms with Crippen molar-refractivity contribution in [3.8, 4) is 0 Å². The van der Waals surface area contributed by atoms with E-state index in [-0.39, 0.29) is 0 Å². The molecular weight excluding hydrogens is 532 g/mol. The number of nitrogens with zero attached hydrogens (tertiary/aromatic N) is 2. The van der Waals surface area contributed by atoms with E-state index in [1.807, 2.05) is 0 Å². The molecule has 0 aliphatic heterocycles. The molecule has 0 fully saturated rings. The Morgan fingerprint density at radius 3 is 1.05 bits per heavy atom. The normalized spacial score (nSPS) is 11.6. The Balaban J connectivity index is 1.99. The van der Waals surface area contributed by atoms with Crippen LogP contribution in [0.3, 0.4) is 0 Å². The number of unbranched alkanes of at least 4 members (excludes halogenated alkanes) is 30. The summed E-state index contributed by atoms with van der Waals surface area (Å²) in [5, 5.41) is 0. The lowest BCUT2D eigenvalue weighted by molar-refractivity contribution is -0.704. The quantitative estimate of drug-likeness (QED) is 0.0524. The molecule has 260 valence electrons. The standard InChI is InChI=1S/C42H83N2/c1-4-7-9-11-13-15-17-19-21-22-23-25-27-29-31-33-35-37-42-43(38-6-3)40-41-44(42)39-36-34-32-30-28-26-24-20-18-16-14-12-10-8-5-2/h40-41H,4-39H2,1-3H3/q+1. The molecule has 0 aliphatic carbocycles. The van der Waals surface area contributed by atoms with Gasteiger partial charge in [-0.2, -0.15) is 0 Å². The van der Waals surface area contributed by atoms with Crippen LogP contribution in [0.2, 0.25) is 0 Å². The number of imidazole rings is 1. The molecule has 0 amide bonds. The molecule has 44 heavy (non-hydrogen) atoms. The van der Waals surface area contributed by atoms with E-state index in [0.29, 0.717) is 0 Å². The molecule has 0 saturated heterocycles. The zero-order valence-corrected chi connectivity index (χ0v) is 31.0. The number of aryl methyl sites for hydroxylation is 2. The summed E-state index contributed by atoms with van der Waals surface area (Å²) in [5.41, 5.74) is 0. The fraction of sp³-hybridized carbons (Fsp3) is 0.929. The number of rotatable bonds is 36. The highest BCUT2D eigenvalue weighted by Crippen LogP contribution is 2.16. The van der Waals surface area contributed by atoms with Crippen LogP contribution in [-0.4, -0.2) is 4.57 Å². The van der Waals surface area contributed by atoms with Gasteiger partial charge in [0.1, 0.15) is 12.4 Å². The molecule has 0 saturated carbocycles. The molecular formula is C42H83N2+. The first-order valence-corrected chi connectivity index (χ1v) is 20.9. The average molecular weight is 616 g/mol. The summed E-state index contributed by atoms with van der Waals surface area (Å²) in [6.45, 7) is 9.34. The van der Waals surface area contributed by atoms with Gasteiger partial charge in [0, 0.05) is 6.42 Å². The van der Waals surface area contributed by atoms with Gasteiger partial charge in [-0.05, 0) is 25.7 Å². The van der Waals surface area contributed by atoms with Crippen molar-refractivity contribution in [1.29, 1.82) is 0 Å². The topological polar surface area (TPSA) is 8.81 Å². The van der Waals surface area contributed by atoms with Crippen molar-refractivity contribution in [2.45, 2.75) is 252 Å². The van der Waals surface area contributed by atoms with Gasteiger partial charge in [-0.25, -0.2) is 9.13 Å². The smallest absolute Gasteiger partial charge is 0.234 e. The van der Waals surface area contributed by atoms with Crippen LogP contribution in [-0.2, 0) is 19.5 Å². The molecule has 1 rings (SSSR count). The van der Waals surface area contributed by atoms with Crippen LogP contribution in [0.1, 0.15) is 238 Å². The highest BCUT2D eigenvalue weighted by atomic mass is 15.1. The van der Waals surface area contributed by atoms with Gasteiger partial charge in [0.05, 0.1) is 13.1 Å². The molecule has 0 aliphatic rings. The van der Waals surface area contributed by atoms with E-state index in [4.69, 9.17) is 0 Å². The van der Waals surface area contributed by atoms with Crippen LogP contribution >= 0.6 is 0 Å². The Morgan fingerprint density at radius 1 is 0.386 bits per heavy atom. The molecule has 0 spiro atoms. The van der Waals surface area contributed by atoms with Crippen LogP contribution in [0.15, 0.2) is 12.4 Å². The van der Waals surface area contributed by atoms with E-state index < -0.39 is 0 Å². The van der Waals surface area contributed by atoms with Crippen LogP contribution < -0.4 is 4.57 Å². The van der Waals surface area contributed by atoms with Crippen molar-refractivity contribution in [2.75, 3.05) is 0 Å². The lowest BCUT2D eigenvalue weighted by Gasteiger charge is -2.06. The van der Waals surface area contributed by atoms with Crippen LogP contribution in [0.4, 0.5) is 0 Å². The van der Waals surface area contributed by atoms with E-state index in [1.54, 1.807) is 5.82 Å². The summed E-state index contributed by atoms with van der Waals surface area (Å²) in [6.07, 6.45) is 53.6. The molecule has 0 unspecified atom stereocenters. The zero-order chi connectivity index (χ0) is 31.6. The van der Waals surface area contributed by atoms with E-state index >= 15 is 0 Å². The highest BCUT2D eigenvalue weighted by molar-refractivity contribution is 4.84. The van der Waals surface area contributed by atoms with Gasteiger partial charge < -0.3 is 0 Å². The predicted octanol–water partition coefficient (Wildman–Crippen LogP) is 14.3. The Hall–Kier alpha value is -0.790. The lowest BCUT2D eigenvalue weighted by atomic mass is 10.0. The lowest BCUT2D eigenvalue weighted by Crippen LogP contribution is -2.37. The van der Waals surface area contributed by atoms with Crippen molar-refractivity contribution < 1.29 is 4.57 Å². The summed E-state index contributed by atoms with van der Waals surface area (Å²) in [7, 11) is 0. The third-order valence-corrected chi connectivity index (χ3v) is 10.1. The molecule has 0 aromatic carbocycles. The second kappa shape index (κ2) is 33.6. The molecule has 0 N–H and O–H groups in total. The van der Waals surface area contributed by atoms with Gasteiger partial charge in [0.25, 0.3) is 5.82 Å². The summed E-state index contributed by atoms with van der Waals surface area (Å²) in [5.74, 6) is 1.60. The third kappa shape index (κ3) is 25.4. The monoisotopic (exact) mass is 616 g/mol. The van der Waals surface area contributed by atoms with Gasteiger partial charge in [0.15, 0.2) is 0 Å². The Morgan fingerprint density at radius 2 is 0.705 bits per heavy atom. The Kier molecular flexibility index (Phi) is 31.5. The number of aromatic nitrogens is 2. The van der Waals surface area contributed by atoms with E-state index in [9.17, 15) is 0 Å². The van der Waals surface area contributed by atoms with E-state index in [1.165, 1.54) is 231 Å². The minimum atomic E-state index is 1.18. The largest absolute Gasteiger partial charge is 0.256 e. The van der Waals surface area contributed by atoms with Crippen molar-refractivity contribution >= 4 is 0 Å². The molecule has 1 heterocycles. The summed E-state index contributed by atoms with van der Waals surface area (Å²) in [4.78, 5) is 0. The summed E-state index contributed by atoms with van der Waals surface area (Å²) < 4.78 is 5.15. The molecule has 2 nitrogen and oxygen atoms in total. The third-order valence-electron chi connectivity index (χ3n) is 10.1. The minimum absolute atomic E-state index is 1.18. The maximum atomic E-state index is 2.60. The fourth-order valence-corrected chi connectivity index (χ4v) is 7.09. The van der Waals surface area contributed by atoms with Gasteiger partial charge in [0.2, 0.25) is 0 Å². The first-order chi connectivity index (χ1) is 21.8. The molecule has 0 radical (unpaired) electrons. The van der Waals surface area contributed by atoms with E-state index in [2.05, 4.69) is 42.3 Å². The molecule has 0 atom stereocenters. The number of hydrogen-bond acceptors (Lipinski definition) is 0. The Bertz CT molecular complexity index is 677. The number of hydrogen-bond donors (Lipinski definition) is 0. The van der Waals surface area contributed by atoms with Crippen molar-refractivity contribution in [1.82, 2.24) is 4.57 Å². The van der Waals surface area contributed by atoms with Crippen molar-refractivity contribution in [2.24, 2.45) is 0 Å². The van der Waals surface area contributed by atoms with E-state index in [0.717, 1.165) is 0 Å². The van der Waals surface area contributed by atoms with Gasteiger partial charge in [-0.3, -0.25) is 0 Å². The Labute approximate surface area is 279 Å². The first kappa shape index (κ1) is 41.2. The maximum absolute atomic E-state index is 2.60.